The first-order valence-corrected chi connectivity index (χ1v) is 3.45. The topological polar surface area (TPSA) is 138 Å². The van der Waals surface area contributed by atoms with Crippen LogP contribution in [0.3, 0.4) is 0 Å². The van der Waals surface area contributed by atoms with Gasteiger partial charge in [-0.25, -0.2) is 0 Å². The first-order chi connectivity index (χ1) is 6.70. The molecule has 0 amide bonds. The summed E-state index contributed by atoms with van der Waals surface area (Å²) < 4.78 is 0. The van der Waals surface area contributed by atoms with Crippen LogP contribution in [0.5, 0.6) is 0 Å². The third-order valence-electron chi connectivity index (χ3n) is 0.575. The van der Waals surface area contributed by atoms with E-state index in [1.165, 1.54) is 6.92 Å². The molecule has 8 heteroatoms. The van der Waals surface area contributed by atoms with Crippen LogP contribution in [0, 0.1) is 11.3 Å². The van der Waals surface area contributed by atoms with Crippen molar-refractivity contribution in [3.63, 3.8) is 0 Å². The van der Waals surface area contributed by atoms with Crippen molar-refractivity contribution in [3.05, 3.63) is 0 Å². The van der Waals surface area contributed by atoms with E-state index in [4.69, 9.17) is 5.26 Å². The van der Waals surface area contributed by atoms with E-state index in [0.29, 0.717) is 0 Å². The Balaban J connectivity index is -0.0000000692. The van der Waals surface area contributed by atoms with Crippen LogP contribution in [0.4, 0.5) is 0 Å². The van der Waals surface area contributed by atoms with Crippen LogP contribution in [0.15, 0.2) is 0 Å². The van der Waals surface area contributed by atoms with Crippen molar-refractivity contribution >= 4 is 23.5 Å². The molecular weight excluding hydrogens is 270 g/mol. The zero-order chi connectivity index (χ0) is 13.0. The minimum atomic E-state index is -1.63. The zero-order valence-electron chi connectivity index (χ0n) is 8.70. The largest absolute Gasteiger partial charge is 2.00 e. The fourth-order valence-electron chi connectivity index (χ4n) is 0. The van der Waals surface area contributed by atoms with Gasteiger partial charge in [0.25, 0.3) is 0 Å². The van der Waals surface area contributed by atoms with E-state index < -0.39 is 23.5 Å². The average molecular weight is 279 g/mol. The summed E-state index contributed by atoms with van der Waals surface area (Å²) in [5.74, 6) is -5.13. The second kappa shape index (κ2) is 15.7. The van der Waals surface area contributed by atoms with Gasteiger partial charge in [-0.05, 0) is 0 Å². The number of hydrogen-bond donors (Lipinski definition) is 0. The van der Waals surface area contributed by atoms with Crippen LogP contribution < -0.4 is 10.2 Å². The Labute approximate surface area is 103 Å². The van der Waals surface area contributed by atoms with E-state index >= 15 is 0 Å². The molecule has 0 N–H and O–H groups in total. The number of carbonyl (C=O) groups excluding carboxylic acids is 4. The number of aliphatic carboxylic acids is 2. The first-order valence-electron chi connectivity index (χ1n) is 3.45. The van der Waals surface area contributed by atoms with Crippen LogP contribution in [0.1, 0.15) is 20.8 Å². The molecule has 0 spiro atoms. The number of hydrogen-bond acceptors (Lipinski definition) is 7. The minimum Gasteiger partial charge on any atom is -0.542 e. The third-order valence-corrected chi connectivity index (χ3v) is 0.575. The molecule has 0 unspecified atom stereocenters. The molecule has 0 aliphatic carbocycles. The molecule has 7 nitrogen and oxygen atoms in total. The van der Waals surface area contributed by atoms with Gasteiger partial charge >= 0.3 is 17.1 Å². The van der Waals surface area contributed by atoms with Gasteiger partial charge in [-0.1, -0.05) is 0 Å². The molecule has 93 valence electrons. The van der Waals surface area contributed by atoms with Crippen molar-refractivity contribution in [1.29, 1.82) is 5.26 Å². The Morgan fingerprint density at radius 1 is 0.938 bits per heavy atom. The van der Waals surface area contributed by atoms with E-state index in [1.807, 2.05) is 0 Å². The summed E-state index contributed by atoms with van der Waals surface area (Å²) in [7, 11) is 0. The molecule has 0 atom stereocenters. The second-order valence-corrected chi connectivity index (χ2v) is 1.91. The molecule has 0 rings (SSSR count). The van der Waals surface area contributed by atoms with Gasteiger partial charge in [0, 0.05) is 20.8 Å². The number of carboxylic acid groups (broad SMARTS) is 2. The van der Waals surface area contributed by atoms with E-state index in [2.05, 4.69) is 0 Å². The zero-order valence-corrected chi connectivity index (χ0v) is 9.64. The Morgan fingerprint density at radius 2 is 1.00 bits per heavy atom. The number of ketones is 2. The number of nitrogens with zero attached hydrogens (tertiary/aromatic N) is 1. The van der Waals surface area contributed by atoms with E-state index in [0.717, 1.165) is 13.8 Å². The van der Waals surface area contributed by atoms with E-state index in [9.17, 15) is 29.4 Å². The van der Waals surface area contributed by atoms with Gasteiger partial charge in [0.15, 0.2) is 11.6 Å². The predicted octanol–water partition coefficient (Wildman–Crippen LogP) is -2.82. The van der Waals surface area contributed by atoms with Crippen LogP contribution in [0.25, 0.3) is 0 Å². The van der Waals surface area contributed by atoms with Crippen LogP contribution in [0.2, 0.25) is 0 Å². The molecular formula is C8H9CuNO6. The van der Waals surface area contributed by atoms with Crippen molar-refractivity contribution in [2.45, 2.75) is 20.8 Å². The van der Waals surface area contributed by atoms with Crippen molar-refractivity contribution in [1.82, 2.24) is 0 Å². The Bertz CT molecular complexity index is 245. The third kappa shape index (κ3) is 39.6. The summed E-state index contributed by atoms with van der Waals surface area (Å²) in [5, 5.41) is 25.8. The number of carbonyl (C=O) groups is 4. The number of nitriles is 1. The summed E-state index contributed by atoms with van der Waals surface area (Å²) in [6.45, 7) is 3.31. The smallest absolute Gasteiger partial charge is 0.542 e. The van der Waals surface area contributed by atoms with Crippen molar-refractivity contribution in [3.8, 4) is 6.07 Å². The minimum absolute atomic E-state index is 0. The van der Waals surface area contributed by atoms with Crippen LogP contribution >= 0.6 is 0 Å². The summed E-state index contributed by atoms with van der Waals surface area (Å²) in [4.78, 5) is 37.4. The molecule has 0 aromatic heterocycles. The molecule has 0 aromatic rings. The van der Waals surface area contributed by atoms with Gasteiger partial charge in [-0.15, -0.1) is 0 Å². The Hall–Kier alpha value is -1.71. The monoisotopic (exact) mass is 278 g/mol. The molecule has 0 aromatic carbocycles. The Kier molecular flexibility index (Phi) is 23.5. The summed E-state index contributed by atoms with van der Waals surface area (Å²) in [5.41, 5.74) is 0. The average Bonchev–Trinajstić information content (AvgIpc) is 2.06. The quantitative estimate of drug-likeness (QED) is 0.392. The molecule has 0 fully saturated rings. The number of Topliss-reactive ketones (excluding diaryl/α,β-unsaturated/α-hetero) is 2. The standard InChI is InChI=1S/2C3H4O3.C2H3N.Cu/c2*1-2(4)3(5)6;1-2-3;/h2*1H3,(H,5,6);1H3;/q;;;+2/p-2. The van der Waals surface area contributed by atoms with Gasteiger partial charge in [-0.3, -0.25) is 9.59 Å². The van der Waals surface area contributed by atoms with Crippen molar-refractivity contribution < 1.29 is 46.5 Å². The van der Waals surface area contributed by atoms with E-state index in [1.54, 1.807) is 6.07 Å². The van der Waals surface area contributed by atoms with Crippen LogP contribution in [-0.2, 0) is 36.2 Å². The fraction of sp³-hybridized carbons (Fsp3) is 0.375. The number of rotatable bonds is 2. The molecule has 16 heavy (non-hydrogen) atoms. The maximum Gasteiger partial charge on any atom is 2.00 e. The molecule has 0 saturated carbocycles. The second-order valence-electron chi connectivity index (χ2n) is 1.91. The maximum atomic E-state index is 9.48. The van der Waals surface area contributed by atoms with Gasteiger partial charge < -0.3 is 19.8 Å². The molecule has 0 heterocycles. The molecule has 0 saturated heterocycles. The van der Waals surface area contributed by atoms with Gasteiger partial charge in [0.05, 0.1) is 6.07 Å². The fourth-order valence-corrected chi connectivity index (χ4v) is 0. The normalized spacial score (nSPS) is 6.12. The molecule has 0 aliphatic rings. The van der Waals surface area contributed by atoms with E-state index in [-0.39, 0.29) is 17.1 Å². The van der Waals surface area contributed by atoms with Crippen LogP contribution in [-0.4, -0.2) is 23.5 Å². The van der Waals surface area contributed by atoms with Gasteiger partial charge in [0.1, 0.15) is 11.9 Å². The number of carboxylic acids is 2. The SMILES string of the molecule is CC#N.CC(=O)C(=O)[O-].CC(=O)C(=O)[O-].[Cu+2]. The maximum absolute atomic E-state index is 9.48. The molecule has 1 radical (unpaired) electrons. The Morgan fingerprint density at radius 3 is 1.00 bits per heavy atom. The molecule has 0 bridgehead atoms. The predicted molar refractivity (Wildman–Crippen MR) is 42.7 cm³/mol. The van der Waals surface area contributed by atoms with Gasteiger partial charge in [0.2, 0.25) is 0 Å². The van der Waals surface area contributed by atoms with Gasteiger partial charge in [-0.2, -0.15) is 5.26 Å². The van der Waals surface area contributed by atoms with Crippen molar-refractivity contribution in [2.75, 3.05) is 0 Å². The first kappa shape index (κ1) is 23.8. The molecule has 0 aliphatic heterocycles. The summed E-state index contributed by atoms with van der Waals surface area (Å²) >= 11 is 0. The van der Waals surface area contributed by atoms with Crippen molar-refractivity contribution in [2.24, 2.45) is 0 Å². The summed E-state index contributed by atoms with van der Waals surface area (Å²) in [6, 6.07) is 1.75. The summed E-state index contributed by atoms with van der Waals surface area (Å²) in [6.07, 6.45) is 0.